The van der Waals surface area contributed by atoms with Crippen molar-refractivity contribution >= 4 is 0 Å². The Kier molecular flexibility index (Phi) is 4.17. The van der Waals surface area contributed by atoms with Crippen LogP contribution in [0.3, 0.4) is 0 Å². The van der Waals surface area contributed by atoms with Gasteiger partial charge in [0, 0.05) is 16.7 Å². The zero-order chi connectivity index (χ0) is 20.0. The van der Waals surface area contributed by atoms with E-state index >= 15 is 0 Å². The average molecular weight is 381 g/mol. The predicted molar refractivity (Wildman–Crippen MR) is 114 cm³/mol. The maximum absolute atomic E-state index is 14.0. The van der Waals surface area contributed by atoms with Gasteiger partial charge in [-0.05, 0) is 49.2 Å². The number of ether oxygens (including phenoxy) is 1. The number of hydrogen-bond donors (Lipinski definition) is 0. The molecule has 0 aliphatic carbocycles. The van der Waals surface area contributed by atoms with E-state index in [0.29, 0.717) is 17.9 Å². The topological polar surface area (TPSA) is 22.1 Å². The molecule has 2 nitrogen and oxygen atoms in total. The summed E-state index contributed by atoms with van der Waals surface area (Å²) in [5.41, 5.74) is 8.97. The van der Waals surface area contributed by atoms with E-state index in [1.807, 2.05) is 0 Å². The van der Waals surface area contributed by atoms with E-state index < -0.39 is 0 Å². The lowest BCUT2D eigenvalue weighted by Crippen LogP contribution is -2.10. The molecule has 0 radical (unpaired) electrons. The van der Waals surface area contributed by atoms with Crippen molar-refractivity contribution in [2.45, 2.75) is 20.5 Å². The van der Waals surface area contributed by atoms with Gasteiger partial charge in [0.25, 0.3) is 0 Å². The molecule has 1 aromatic heterocycles. The molecule has 4 aromatic rings. The molecular formula is C26H20FNO. The van der Waals surface area contributed by atoms with Crippen LogP contribution in [0.2, 0.25) is 0 Å². The van der Waals surface area contributed by atoms with Crippen LogP contribution >= 0.6 is 0 Å². The third kappa shape index (κ3) is 3.19. The second-order valence-electron chi connectivity index (χ2n) is 7.54. The first-order chi connectivity index (χ1) is 14.1. The number of aryl methyl sites for hydroxylation is 2. The van der Waals surface area contributed by atoms with Crippen LogP contribution in [-0.4, -0.2) is 4.98 Å². The number of pyridine rings is 1. The highest BCUT2D eigenvalue weighted by atomic mass is 19.1. The smallest absolute Gasteiger partial charge is 0.129 e. The summed E-state index contributed by atoms with van der Waals surface area (Å²) >= 11 is 0. The Morgan fingerprint density at radius 1 is 0.759 bits per heavy atom. The standard InChI is InChI=1S/C26H20FNO/c1-16-3-7-18(8-4-16)21-14-24(19-9-5-17(2)6-10-19)28-26-22-13-20(27)11-12-25(22)29-15-23(21)26/h3-14H,15H2,1-2H3. The fourth-order valence-corrected chi connectivity index (χ4v) is 3.77. The first-order valence-corrected chi connectivity index (χ1v) is 9.69. The van der Waals surface area contributed by atoms with E-state index in [1.54, 1.807) is 6.07 Å². The second kappa shape index (κ2) is 6.85. The Labute approximate surface area is 169 Å². The van der Waals surface area contributed by atoms with E-state index in [2.05, 4.69) is 68.4 Å². The number of rotatable bonds is 2. The van der Waals surface area contributed by atoms with Crippen molar-refractivity contribution < 1.29 is 9.13 Å². The molecule has 29 heavy (non-hydrogen) atoms. The lowest BCUT2D eigenvalue weighted by Gasteiger charge is -2.24. The largest absolute Gasteiger partial charge is 0.488 e. The van der Waals surface area contributed by atoms with Gasteiger partial charge in [-0.3, -0.25) is 0 Å². The summed E-state index contributed by atoms with van der Waals surface area (Å²) in [6, 6.07) is 23.5. The van der Waals surface area contributed by atoms with Crippen molar-refractivity contribution in [1.29, 1.82) is 0 Å². The van der Waals surface area contributed by atoms with Crippen LogP contribution in [0, 0.1) is 19.7 Å². The zero-order valence-electron chi connectivity index (χ0n) is 16.4. The third-order valence-electron chi connectivity index (χ3n) is 5.40. The summed E-state index contributed by atoms with van der Waals surface area (Å²) in [7, 11) is 0. The molecule has 5 rings (SSSR count). The Morgan fingerprint density at radius 3 is 2.10 bits per heavy atom. The highest BCUT2D eigenvalue weighted by Gasteiger charge is 2.24. The van der Waals surface area contributed by atoms with Crippen LogP contribution < -0.4 is 4.74 Å². The molecule has 0 spiro atoms. The van der Waals surface area contributed by atoms with E-state index in [-0.39, 0.29) is 5.82 Å². The highest BCUT2D eigenvalue weighted by molar-refractivity contribution is 5.83. The van der Waals surface area contributed by atoms with E-state index in [9.17, 15) is 4.39 Å². The molecule has 0 unspecified atom stereocenters. The van der Waals surface area contributed by atoms with Crippen LogP contribution in [0.15, 0.2) is 72.8 Å². The van der Waals surface area contributed by atoms with Crippen molar-refractivity contribution in [1.82, 2.24) is 4.98 Å². The minimum Gasteiger partial charge on any atom is -0.488 e. The molecule has 0 atom stereocenters. The number of fused-ring (bicyclic) bond motifs is 3. The van der Waals surface area contributed by atoms with Crippen molar-refractivity contribution in [2.24, 2.45) is 0 Å². The number of hydrogen-bond acceptors (Lipinski definition) is 2. The number of halogens is 1. The first kappa shape index (κ1) is 17.6. The Bertz CT molecular complexity index is 1210. The summed E-state index contributed by atoms with van der Waals surface area (Å²) < 4.78 is 20.0. The molecule has 0 bridgehead atoms. The molecule has 1 aliphatic heterocycles. The molecule has 142 valence electrons. The molecule has 0 N–H and O–H groups in total. The Balaban J connectivity index is 1.79. The summed E-state index contributed by atoms with van der Waals surface area (Å²) in [4.78, 5) is 4.95. The predicted octanol–water partition coefficient (Wildman–Crippen LogP) is 6.73. The van der Waals surface area contributed by atoms with Crippen molar-refractivity contribution in [3.05, 3.63) is 95.3 Å². The van der Waals surface area contributed by atoms with Crippen LogP contribution in [0.4, 0.5) is 4.39 Å². The van der Waals surface area contributed by atoms with Gasteiger partial charge in [0.15, 0.2) is 0 Å². The SMILES string of the molecule is Cc1ccc(-c2cc(-c3ccc(C)cc3)c3c(n2)-c2cc(F)ccc2OC3)cc1. The molecule has 1 aliphatic rings. The molecule has 3 heteroatoms. The van der Waals surface area contributed by atoms with Gasteiger partial charge in [0.2, 0.25) is 0 Å². The Hall–Kier alpha value is -3.46. The zero-order valence-corrected chi connectivity index (χ0v) is 16.4. The van der Waals surface area contributed by atoms with E-state index in [4.69, 9.17) is 9.72 Å². The van der Waals surface area contributed by atoms with Gasteiger partial charge >= 0.3 is 0 Å². The van der Waals surface area contributed by atoms with Gasteiger partial charge < -0.3 is 4.74 Å². The lowest BCUT2D eigenvalue weighted by atomic mass is 9.92. The van der Waals surface area contributed by atoms with Gasteiger partial charge in [0.1, 0.15) is 18.2 Å². The minimum atomic E-state index is -0.292. The van der Waals surface area contributed by atoms with E-state index in [1.165, 1.54) is 23.3 Å². The number of nitrogens with zero attached hydrogens (tertiary/aromatic N) is 1. The average Bonchev–Trinajstić information content (AvgIpc) is 2.74. The van der Waals surface area contributed by atoms with Crippen molar-refractivity contribution in [3.63, 3.8) is 0 Å². The van der Waals surface area contributed by atoms with Crippen LogP contribution in [-0.2, 0) is 6.61 Å². The molecule has 2 heterocycles. The summed E-state index contributed by atoms with van der Waals surface area (Å²) in [5, 5.41) is 0. The van der Waals surface area contributed by atoms with E-state index in [0.717, 1.165) is 33.6 Å². The van der Waals surface area contributed by atoms with Gasteiger partial charge in [-0.25, -0.2) is 9.37 Å². The Morgan fingerprint density at radius 2 is 1.41 bits per heavy atom. The molecule has 0 saturated heterocycles. The highest BCUT2D eigenvalue weighted by Crippen LogP contribution is 2.42. The van der Waals surface area contributed by atoms with Gasteiger partial charge in [-0.2, -0.15) is 0 Å². The first-order valence-electron chi connectivity index (χ1n) is 9.69. The number of benzene rings is 3. The molecule has 0 fully saturated rings. The van der Waals surface area contributed by atoms with Gasteiger partial charge in [-0.1, -0.05) is 59.7 Å². The second-order valence-corrected chi connectivity index (χ2v) is 7.54. The normalized spacial score (nSPS) is 12.1. The van der Waals surface area contributed by atoms with Crippen LogP contribution in [0.5, 0.6) is 5.75 Å². The fraction of sp³-hybridized carbons (Fsp3) is 0.115. The number of aromatic nitrogens is 1. The molecule has 3 aromatic carbocycles. The maximum atomic E-state index is 14.0. The van der Waals surface area contributed by atoms with Gasteiger partial charge in [0.05, 0.1) is 11.4 Å². The fourth-order valence-electron chi connectivity index (χ4n) is 3.77. The third-order valence-corrected chi connectivity index (χ3v) is 5.40. The maximum Gasteiger partial charge on any atom is 0.129 e. The summed E-state index contributed by atoms with van der Waals surface area (Å²) in [6.45, 7) is 4.56. The van der Waals surface area contributed by atoms with Crippen LogP contribution in [0.1, 0.15) is 16.7 Å². The van der Waals surface area contributed by atoms with Crippen molar-refractivity contribution in [3.8, 4) is 39.4 Å². The quantitative estimate of drug-likeness (QED) is 0.384. The minimum absolute atomic E-state index is 0.292. The molecule has 0 amide bonds. The summed E-state index contributed by atoms with van der Waals surface area (Å²) in [5.74, 6) is 0.377. The molecular weight excluding hydrogens is 361 g/mol. The van der Waals surface area contributed by atoms with Crippen molar-refractivity contribution in [2.75, 3.05) is 0 Å². The molecule has 0 saturated carbocycles. The monoisotopic (exact) mass is 381 g/mol. The summed E-state index contributed by atoms with van der Waals surface area (Å²) in [6.07, 6.45) is 0. The van der Waals surface area contributed by atoms with Crippen LogP contribution in [0.25, 0.3) is 33.6 Å². The lowest BCUT2D eigenvalue weighted by molar-refractivity contribution is 0.301. The van der Waals surface area contributed by atoms with Gasteiger partial charge in [-0.15, -0.1) is 0 Å².